The highest BCUT2D eigenvalue weighted by molar-refractivity contribution is 9.10. The first-order chi connectivity index (χ1) is 17.8. The molecule has 0 N–H and O–H groups in total. The van der Waals surface area contributed by atoms with Gasteiger partial charge in [0, 0.05) is 68.1 Å². The van der Waals surface area contributed by atoms with Gasteiger partial charge in [0.1, 0.15) is 0 Å². The minimum absolute atomic E-state index is 0.0135. The van der Waals surface area contributed by atoms with Gasteiger partial charge in [-0.05, 0) is 65.0 Å². The Balaban J connectivity index is 1.29. The summed E-state index contributed by atoms with van der Waals surface area (Å²) in [5, 5.41) is 0. The number of carbonyl (C=O) groups is 2. The molecule has 2 amide bonds. The first kappa shape index (κ1) is 26.2. The molecule has 10 heteroatoms. The van der Waals surface area contributed by atoms with Gasteiger partial charge in [0.05, 0.1) is 10.8 Å². The van der Waals surface area contributed by atoms with Crippen molar-refractivity contribution < 1.29 is 18.0 Å². The van der Waals surface area contributed by atoms with E-state index in [2.05, 4.69) is 33.0 Å². The zero-order valence-corrected chi connectivity index (χ0v) is 23.5. The number of para-hydroxylation sites is 1. The molecule has 2 aromatic carbocycles. The van der Waals surface area contributed by atoms with Gasteiger partial charge in [-0.2, -0.15) is 4.31 Å². The molecule has 3 aliphatic rings. The Bertz CT molecular complexity index is 1280. The van der Waals surface area contributed by atoms with E-state index < -0.39 is 10.0 Å². The predicted molar refractivity (Wildman–Crippen MR) is 147 cm³/mol. The second-order valence-corrected chi connectivity index (χ2v) is 12.7. The number of sulfonamides is 1. The Morgan fingerprint density at radius 3 is 2.43 bits per heavy atom. The standard InChI is InChI=1S/C27H33BrN4O4S/c1-2-26(33)32-12-10-20-17-23(28)25(18-24(20)32)37(35,36)31-11-6-7-21(19-31)27(34)30-15-13-29(14-16-30)22-8-4-3-5-9-22/h3-5,8-9,17-18,21H,2,6-7,10-16,19H2,1H3/t21-/m1/s1. The molecule has 1 atom stereocenters. The van der Waals surface area contributed by atoms with Gasteiger partial charge in [0.25, 0.3) is 0 Å². The van der Waals surface area contributed by atoms with E-state index in [0.717, 1.165) is 24.3 Å². The lowest BCUT2D eigenvalue weighted by molar-refractivity contribution is -0.137. The van der Waals surface area contributed by atoms with Crippen molar-refractivity contribution in [1.82, 2.24) is 9.21 Å². The lowest BCUT2D eigenvalue weighted by Crippen LogP contribution is -2.53. The molecule has 2 aromatic rings. The molecule has 0 saturated carbocycles. The maximum Gasteiger partial charge on any atom is 0.244 e. The molecule has 0 unspecified atom stereocenters. The molecular formula is C27H33BrN4O4S. The third-order valence-electron chi connectivity index (χ3n) is 7.70. The van der Waals surface area contributed by atoms with Gasteiger partial charge in [-0.15, -0.1) is 0 Å². The van der Waals surface area contributed by atoms with Gasteiger partial charge < -0.3 is 14.7 Å². The second-order valence-electron chi connectivity index (χ2n) is 9.91. The van der Waals surface area contributed by atoms with Crippen molar-refractivity contribution in [2.45, 2.75) is 37.5 Å². The van der Waals surface area contributed by atoms with Crippen molar-refractivity contribution >= 4 is 49.1 Å². The fraction of sp³-hybridized carbons (Fsp3) is 0.481. The normalized spacial score (nSPS) is 20.7. The number of rotatable bonds is 5. The summed E-state index contributed by atoms with van der Waals surface area (Å²) < 4.78 is 29.5. The molecule has 5 rings (SSSR count). The summed E-state index contributed by atoms with van der Waals surface area (Å²) >= 11 is 3.47. The van der Waals surface area contributed by atoms with Crippen LogP contribution in [0, 0.1) is 5.92 Å². The number of piperidine rings is 1. The van der Waals surface area contributed by atoms with Crippen LogP contribution in [0.25, 0.3) is 0 Å². The fourth-order valence-electron chi connectivity index (χ4n) is 5.62. The molecule has 0 radical (unpaired) electrons. The fourth-order valence-corrected chi connectivity index (χ4v) is 8.21. The predicted octanol–water partition coefficient (Wildman–Crippen LogP) is 3.50. The number of hydrogen-bond acceptors (Lipinski definition) is 5. The summed E-state index contributed by atoms with van der Waals surface area (Å²) in [7, 11) is -3.84. The molecule has 0 bridgehead atoms. The molecule has 8 nitrogen and oxygen atoms in total. The van der Waals surface area contributed by atoms with Gasteiger partial charge in [0.15, 0.2) is 0 Å². The van der Waals surface area contributed by atoms with Crippen molar-refractivity contribution in [3.8, 4) is 0 Å². The van der Waals surface area contributed by atoms with Crippen LogP contribution in [0.2, 0.25) is 0 Å². The third-order valence-corrected chi connectivity index (χ3v) is 10.5. The number of anilines is 2. The maximum atomic E-state index is 13.8. The smallest absolute Gasteiger partial charge is 0.244 e. The van der Waals surface area contributed by atoms with Crippen molar-refractivity contribution in [3.05, 3.63) is 52.5 Å². The highest BCUT2D eigenvalue weighted by Crippen LogP contribution is 2.37. The number of amides is 2. The number of nitrogens with zero attached hydrogens (tertiary/aromatic N) is 4. The highest BCUT2D eigenvalue weighted by Gasteiger charge is 2.37. The highest BCUT2D eigenvalue weighted by atomic mass is 79.9. The number of piperazine rings is 1. The Hall–Kier alpha value is -2.43. The van der Waals surface area contributed by atoms with Gasteiger partial charge >= 0.3 is 0 Å². The van der Waals surface area contributed by atoms with Crippen LogP contribution >= 0.6 is 15.9 Å². The minimum atomic E-state index is -3.84. The first-order valence-electron chi connectivity index (χ1n) is 13.0. The molecular weight excluding hydrogens is 556 g/mol. The van der Waals surface area contributed by atoms with E-state index in [1.54, 1.807) is 11.0 Å². The van der Waals surface area contributed by atoms with Crippen molar-refractivity contribution in [2.24, 2.45) is 5.92 Å². The van der Waals surface area contributed by atoms with Gasteiger partial charge in [-0.1, -0.05) is 25.1 Å². The summed E-state index contributed by atoms with van der Waals surface area (Å²) in [6, 6.07) is 13.6. The van der Waals surface area contributed by atoms with Crippen molar-refractivity contribution in [1.29, 1.82) is 0 Å². The number of hydrogen-bond donors (Lipinski definition) is 0. The van der Waals surface area contributed by atoms with Crippen molar-refractivity contribution in [2.75, 3.05) is 55.6 Å². The van der Waals surface area contributed by atoms with Crippen LogP contribution in [0.15, 0.2) is 51.8 Å². The number of halogens is 1. The monoisotopic (exact) mass is 588 g/mol. The largest absolute Gasteiger partial charge is 0.368 e. The SMILES string of the molecule is CCC(=O)N1CCc2cc(Br)c(S(=O)(=O)N3CCC[C@@H](C(=O)N4CCN(c5ccccc5)CC4)C3)cc21. The Morgan fingerprint density at radius 1 is 1.00 bits per heavy atom. The van der Waals surface area contributed by atoms with Gasteiger partial charge in [-0.3, -0.25) is 9.59 Å². The van der Waals surface area contributed by atoms with Gasteiger partial charge in [0.2, 0.25) is 21.8 Å². The van der Waals surface area contributed by atoms with Gasteiger partial charge in [-0.25, -0.2) is 8.42 Å². The zero-order valence-electron chi connectivity index (χ0n) is 21.1. The molecule has 198 valence electrons. The summed E-state index contributed by atoms with van der Waals surface area (Å²) in [4.78, 5) is 31.8. The van der Waals surface area contributed by atoms with E-state index in [4.69, 9.17) is 0 Å². The first-order valence-corrected chi connectivity index (χ1v) is 15.2. The number of benzene rings is 2. The molecule has 3 heterocycles. The Labute approximate surface area is 227 Å². The van der Waals surface area contributed by atoms with Crippen LogP contribution in [0.1, 0.15) is 31.7 Å². The van der Waals surface area contributed by atoms with Crippen LogP contribution in [-0.2, 0) is 26.0 Å². The lowest BCUT2D eigenvalue weighted by Gasteiger charge is -2.39. The Morgan fingerprint density at radius 2 is 1.73 bits per heavy atom. The number of fused-ring (bicyclic) bond motifs is 1. The van der Waals surface area contributed by atoms with Crippen LogP contribution < -0.4 is 9.80 Å². The van der Waals surface area contributed by atoms with E-state index in [1.807, 2.05) is 36.1 Å². The van der Waals surface area contributed by atoms with E-state index >= 15 is 0 Å². The van der Waals surface area contributed by atoms with Crippen LogP contribution in [0.4, 0.5) is 11.4 Å². The maximum absolute atomic E-state index is 13.8. The Kier molecular flexibility index (Phi) is 7.60. The van der Waals surface area contributed by atoms with E-state index in [9.17, 15) is 18.0 Å². The quantitative estimate of drug-likeness (QED) is 0.534. The number of carbonyl (C=O) groups excluding carboxylic acids is 2. The summed E-state index contributed by atoms with van der Waals surface area (Å²) in [6.07, 6.45) is 2.40. The molecule has 37 heavy (non-hydrogen) atoms. The third kappa shape index (κ3) is 5.15. The molecule has 2 saturated heterocycles. The average Bonchev–Trinajstić information content (AvgIpc) is 3.35. The van der Waals surface area contributed by atoms with E-state index in [1.165, 1.54) is 4.31 Å². The lowest BCUT2D eigenvalue weighted by atomic mass is 9.97. The molecule has 0 spiro atoms. The van der Waals surface area contributed by atoms with Crippen molar-refractivity contribution in [3.63, 3.8) is 0 Å². The van der Waals surface area contributed by atoms with E-state index in [0.29, 0.717) is 62.0 Å². The summed E-state index contributed by atoms with van der Waals surface area (Å²) in [6.45, 7) is 5.73. The zero-order chi connectivity index (χ0) is 26.2. The minimum Gasteiger partial charge on any atom is -0.368 e. The average molecular weight is 590 g/mol. The van der Waals surface area contributed by atoms with Crippen LogP contribution in [-0.4, -0.2) is 75.3 Å². The van der Waals surface area contributed by atoms with Crippen LogP contribution in [0.5, 0.6) is 0 Å². The molecule has 3 aliphatic heterocycles. The molecule has 0 aromatic heterocycles. The molecule has 2 fully saturated rings. The molecule has 0 aliphatic carbocycles. The second kappa shape index (κ2) is 10.7. The van der Waals surface area contributed by atoms with Crippen LogP contribution in [0.3, 0.4) is 0 Å². The van der Waals surface area contributed by atoms with E-state index in [-0.39, 0.29) is 29.2 Å². The summed E-state index contributed by atoms with van der Waals surface area (Å²) in [5.41, 5.74) is 2.80. The summed E-state index contributed by atoms with van der Waals surface area (Å²) in [5.74, 6) is -0.320. The topological polar surface area (TPSA) is 81.2 Å².